The first-order valence-electron chi connectivity index (χ1n) is 12.9. The fourth-order valence-corrected chi connectivity index (χ4v) is 6.42. The van der Waals surface area contributed by atoms with E-state index in [4.69, 9.17) is 4.74 Å². The summed E-state index contributed by atoms with van der Waals surface area (Å²) in [5.41, 5.74) is 3.16. The zero-order valence-electron chi connectivity index (χ0n) is 21.6. The lowest BCUT2D eigenvalue weighted by molar-refractivity contribution is -0.126. The van der Waals surface area contributed by atoms with Crippen molar-refractivity contribution in [2.24, 2.45) is 11.8 Å². The Balaban J connectivity index is 1.39. The third kappa shape index (κ3) is 7.21. The largest absolute Gasteiger partial charge is 0.497 e. The molecule has 1 aliphatic carbocycles. The lowest BCUT2D eigenvalue weighted by Crippen LogP contribution is -2.38. The minimum absolute atomic E-state index is 0.0285. The number of carbonyl (C=O) groups is 1. The molecule has 0 radical (unpaired) electrons. The fraction of sp³-hybridized carbons (Fsp3) is 0.367. The second-order valence-electron chi connectivity index (χ2n) is 9.88. The van der Waals surface area contributed by atoms with Gasteiger partial charge in [0.25, 0.3) is 0 Å². The number of hydrogen-bond acceptors (Lipinski definition) is 4. The lowest BCUT2D eigenvalue weighted by atomic mass is 9.81. The molecule has 0 aliphatic heterocycles. The van der Waals surface area contributed by atoms with E-state index in [2.05, 4.69) is 5.32 Å². The van der Waals surface area contributed by atoms with Gasteiger partial charge in [0.1, 0.15) is 5.75 Å². The Morgan fingerprint density at radius 3 is 2.30 bits per heavy atom. The van der Waals surface area contributed by atoms with Gasteiger partial charge in [0.2, 0.25) is 15.9 Å². The number of amides is 1. The molecule has 0 bridgehead atoms. The second kappa shape index (κ2) is 12.4. The molecule has 0 saturated heterocycles. The number of rotatable bonds is 10. The standard InChI is InChI=1S/C30H36N2O4S/c1-23-11-13-24(14-12-23)20-31-30(33)27-17-15-25(16-18-27)21-32(22-26-7-6-8-28(19-26)36-2)37(34,35)29-9-4-3-5-10-29/h3-14,19,25,27H,15-18,20-22H2,1-2H3,(H,31,33). The van der Waals surface area contributed by atoms with Crippen molar-refractivity contribution in [3.05, 3.63) is 95.6 Å². The summed E-state index contributed by atoms with van der Waals surface area (Å²) in [4.78, 5) is 13.1. The van der Waals surface area contributed by atoms with E-state index in [0.29, 0.717) is 23.7 Å². The molecule has 1 N–H and O–H groups in total. The molecule has 6 nitrogen and oxygen atoms in total. The number of nitrogens with zero attached hydrogens (tertiary/aromatic N) is 1. The minimum atomic E-state index is -3.68. The molecule has 7 heteroatoms. The molecule has 0 spiro atoms. The summed E-state index contributed by atoms with van der Waals surface area (Å²) in [6.45, 7) is 3.27. The molecule has 1 amide bonds. The molecular weight excluding hydrogens is 484 g/mol. The topological polar surface area (TPSA) is 75.7 Å². The van der Waals surface area contributed by atoms with Gasteiger partial charge in [0.05, 0.1) is 12.0 Å². The molecule has 3 aromatic carbocycles. The van der Waals surface area contributed by atoms with Crippen molar-refractivity contribution in [1.29, 1.82) is 0 Å². The molecule has 0 atom stereocenters. The number of benzene rings is 3. The van der Waals surface area contributed by atoms with Crippen molar-refractivity contribution in [2.45, 2.75) is 50.6 Å². The Hall–Kier alpha value is -3.16. The van der Waals surface area contributed by atoms with Gasteiger partial charge in [-0.2, -0.15) is 4.31 Å². The maximum Gasteiger partial charge on any atom is 0.243 e. The first-order chi connectivity index (χ1) is 17.8. The van der Waals surface area contributed by atoms with Crippen LogP contribution in [0.1, 0.15) is 42.4 Å². The number of sulfonamides is 1. The van der Waals surface area contributed by atoms with E-state index < -0.39 is 10.0 Å². The SMILES string of the molecule is COc1cccc(CN(CC2CCC(C(=O)NCc3ccc(C)cc3)CC2)S(=O)(=O)c2ccccc2)c1. The van der Waals surface area contributed by atoms with E-state index in [1.807, 2.05) is 61.5 Å². The van der Waals surface area contributed by atoms with Gasteiger partial charge in [0.15, 0.2) is 0 Å². The Labute approximate surface area is 220 Å². The highest BCUT2D eigenvalue weighted by Gasteiger charge is 2.31. The molecule has 1 saturated carbocycles. The molecule has 0 unspecified atom stereocenters. The van der Waals surface area contributed by atoms with Crippen LogP contribution in [-0.4, -0.2) is 32.3 Å². The molecule has 3 aromatic rings. The molecule has 0 aromatic heterocycles. The zero-order chi connectivity index (χ0) is 26.3. The first kappa shape index (κ1) is 26.9. The zero-order valence-corrected chi connectivity index (χ0v) is 22.4. The molecule has 37 heavy (non-hydrogen) atoms. The van der Waals surface area contributed by atoms with Crippen LogP contribution in [0.2, 0.25) is 0 Å². The van der Waals surface area contributed by atoms with Gasteiger partial charge >= 0.3 is 0 Å². The summed E-state index contributed by atoms with van der Waals surface area (Å²) >= 11 is 0. The predicted molar refractivity (Wildman–Crippen MR) is 146 cm³/mol. The molecule has 196 valence electrons. The van der Waals surface area contributed by atoms with Crippen LogP contribution in [-0.2, 0) is 27.9 Å². The van der Waals surface area contributed by atoms with Crippen molar-refractivity contribution < 1.29 is 17.9 Å². The third-order valence-electron chi connectivity index (χ3n) is 7.14. The summed E-state index contributed by atoms with van der Waals surface area (Å²) in [5, 5.41) is 3.08. The summed E-state index contributed by atoms with van der Waals surface area (Å²) < 4.78 is 34.1. The summed E-state index contributed by atoms with van der Waals surface area (Å²) in [6.07, 6.45) is 3.18. The quantitative estimate of drug-likeness (QED) is 0.393. The van der Waals surface area contributed by atoms with Crippen LogP contribution in [0, 0.1) is 18.8 Å². The van der Waals surface area contributed by atoms with Crippen molar-refractivity contribution in [3.8, 4) is 5.75 Å². The van der Waals surface area contributed by atoms with Crippen molar-refractivity contribution in [2.75, 3.05) is 13.7 Å². The Morgan fingerprint density at radius 1 is 0.919 bits per heavy atom. The molecule has 4 rings (SSSR count). The summed E-state index contributed by atoms with van der Waals surface area (Å²) in [6, 6.07) is 24.3. The van der Waals surface area contributed by atoms with Gasteiger partial charge in [-0.15, -0.1) is 0 Å². The van der Waals surface area contributed by atoms with Crippen LogP contribution in [0.3, 0.4) is 0 Å². The number of nitrogens with one attached hydrogen (secondary N) is 1. The van der Waals surface area contributed by atoms with Gasteiger partial charge in [-0.1, -0.05) is 60.2 Å². The number of ether oxygens (including phenoxy) is 1. The van der Waals surface area contributed by atoms with Gasteiger partial charge in [0, 0.05) is 25.6 Å². The van der Waals surface area contributed by atoms with Crippen LogP contribution in [0.5, 0.6) is 5.75 Å². The van der Waals surface area contributed by atoms with Crippen molar-refractivity contribution in [1.82, 2.24) is 9.62 Å². The average Bonchev–Trinajstić information content (AvgIpc) is 2.93. The summed E-state index contributed by atoms with van der Waals surface area (Å²) in [5.74, 6) is 0.959. The number of carbonyl (C=O) groups excluding carboxylic acids is 1. The minimum Gasteiger partial charge on any atom is -0.497 e. The third-order valence-corrected chi connectivity index (χ3v) is 8.97. The molecular formula is C30H36N2O4S. The average molecular weight is 521 g/mol. The monoisotopic (exact) mass is 520 g/mol. The number of methoxy groups -OCH3 is 1. The van der Waals surface area contributed by atoms with Gasteiger partial charge < -0.3 is 10.1 Å². The van der Waals surface area contributed by atoms with E-state index >= 15 is 0 Å². The Kier molecular flexibility index (Phi) is 9.00. The molecule has 1 aliphatic rings. The maximum atomic E-state index is 13.6. The highest BCUT2D eigenvalue weighted by atomic mass is 32.2. The molecule has 1 fully saturated rings. The first-order valence-corrected chi connectivity index (χ1v) is 14.3. The summed E-state index contributed by atoms with van der Waals surface area (Å²) in [7, 11) is -2.07. The van der Waals surface area contributed by atoms with Crippen LogP contribution in [0.15, 0.2) is 83.8 Å². The fourth-order valence-electron chi connectivity index (χ4n) is 4.90. The Morgan fingerprint density at radius 2 is 1.62 bits per heavy atom. The highest BCUT2D eigenvalue weighted by molar-refractivity contribution is 7.89. The molecule has 0 heterocycles. The van der Waals surface area contributed by atoms with Crippen LogP contribution >= 0.6 is 0 Å². The highest BCUT2D eigenvalue weighted by Crippen LogP contribution is 2.32. The van der Waals surface area contributed by atoms with Crippen molar-refractivity contribution >= 4 is 15.9 Å². The van der Waals surface area contributed by atoms with Gasteiger partial charge in [-0.3, -0.25) is 4.79 Å². The van der Waals surface area contributed by atoms with Crippen LogP contribution in [0.4, 0.5) is 0 Å². The number of hydrogen-bond donors (Lipinski definition) is 1. The van der Waals surface area contributed by atoms with E-state index in [-0.39, 0.29) is 24.3 Å². The van der Waals surface area contributed by atoms with E-state index in [9.17, 15) is 13.2 Å². The maximum absolute atomic E-state index is 13.6. The van der Waals surface area contributed by atoms with Crippen molar-refractivity contribution in [3.63, 3.8) is 0 Å². The van der Waals surface area contributed by atoms with Gasteiger partial charge in [-0.25, -0.2) is 8.42 Å². The van der Waals surface area contributed by atoms with Crippen LogP contribution < -0.4 is 10.1 Å². The van der Waals surface area contributed by atoms with Gasteiger partial charge in [-0.05, 0) is 73.9 Å². The Bertz CT molecular complexity index is 1270. The second-order valence-corrected chi connectivity index (χ2v) is 11.8. The normalized spacial score (nSPS) is 17.9. The van der Waals surface area contributed by atoms with Crippen LogP contribution in [0.25, 0.3) is 0 Å². The predicted octanol–water partition coefficient (Wildman–Crippen LogP) is 5.32. The number of aryl methyl sites for hydroxylation is 1. The van der Waals surface area contributed by atoms with E-state index in [1.165, 1.54) is 5.56 Å². The van der Waals surface area contributed by atoms with E-state index in [1.54, 1.807) is 35.7 Å². The lowest BCUT2D eigenvalue weighted by Gasteiger charge is -2.32. The van der Waals surface area contributed by atoms with E-state index in [0.717, 1.165) is 36.8 Å². The smallest absolute Gasteiger partial charge is 0.243 e.